The van der Waals surface area contributed by atoms with Gasteiger partial charge in [-0.05, 0) is 43.5 Å². The Labute approximate surface area is 189 Å². The Morgan fingerprint density at radius 2 is 2.09 bits per heavy atom. The number of furan rings is 1. The minimum atomic E-state index is -0.178. The molecule has 168 valence electrons. The zero-order chi connectivity index (χ0) is 22.8. The van der Waals surface area contributed by atoms with Gasteiger partial charge in [-0.3, -0.25) is 19.8 Å². The Morgan fingerprint density at radius 3 is 2.88 bits per heavy atom. The first-order chi connectivity index (χ1) is 16.1. The molecule has 1 aromatic carbocycles. The van der Waals surface area contributed by atoms with Crippen molar-refractivity contribution in [2.75, 3.05) is 6.54 Å². The van der Waals surface area contributed by atoms with E-state index in [0.29, 0.717) is 23.1 Å². The zero-order valence-electron chi connectivity index (χ0n) is 18.2. The van der Waals surface area contributed by atoms with Crippen LogP contribution in [0.5, 0.6) is 0 Å². The van der Waals surface area contributed by atoms with E-state index in [4.69, 9.17) is 4.42 Å². The van der Waals surface area contributed by atoms with Gasteiger partial charge in [0.25, 0.3) is 11.5 Å². The molecule has 1 aliphatic rings. The summed E-state index contributed by atoms with van der Waals surface area (Å²) in [6.45, 7) is 3.01. The van der Waals surface area contributed by atoms with Crippen LogP contribution < -0.4 is 5.56 Å². The van der Waals surface area contributed by atoms with E-state index in [1.807, 2.05) is 35.2 Å². The van der Waals surface area contributed by atoms with Gasteiger partial charge in [0, 0.05) is 30.2 Å². The number of H-pyrrole nitrogens is 2. The van der Waals surface area contributed by atoms with Gasteiger partial charge in [0.1, 0.15) is 17.0 Å². The third-order valence-corrected chi connectivity index (χ3v) is 5.91. The summed E-state index contributed by atoms with van der Waals surface area (Å²) in [4.78, 5) is 29.5. The number of hydrogen-bond donors (Lipinski definition) is 2. The minimum absolute atomic E-state index is 0.0897. The third kappa shape index (κ3) is 4.05. The lowest BCUT2D eigenvalue weighted by atomic mass is 10.1. The van der Waals surface area contributed by atoms with Crippen LogP contribution in [0, 0.1) is 0 Å². The van der Waals surface area contributed by atoms with Crippen molar-refractivity contribution in [3.63, 3.8) is 0 Å². The number of imidazole rings is 1. The lowest BCUT2D eigenvalue weighted by molar-refractivity contribution is 0.0727. The molecule has 1 atom stereocenters. The summed E-state index contributed by atoms with van der Waals surface area (Å²) in [5.41, 5.74) is 2.64. The predicted octanol–water partition coefficient (Wildman–Crippen LogP) is 3.86. The maximum atomic E-state index is 11.9. The summed E-state index contributed by atoms with van der Waals surface area (Å²) in [5.74, 6) is 0.766. The number of benzene rings is 1. The van der Waals surface area contributed by atoms with Crippen molar-refractivity contribution in [3.8, 4) is 11.5 Å². The van der Waals surface area contributed by atoms with E-state index in [-0.39, 0.29) is 11.5 Å². The average Bonchev–Trinajstić information content (AvgIpc) is 3.63. The average molecular weight is 444 g/mol. The fourth-order valence-corrected chi connectivity index (χ4v) is 4.24. The summed E-state index contributed by atoms with van der Waals surface area (Å²) < 4.78 is 7.40. The van der Waals surface area contributed by atoms with Crippen molar-refractivity contribution in [3.05, 3.63) is 77.0 Å². The maximum absolute atomic E-state index is 11.9. The number of aromatic amines is 2. The molecule has 9 heteroatoms. The van der Waals surface area contributed by atoms with Gasteiger partial charge in [-0.25, -0.2) is 9.50 Å². The second-order valence-corrected chi connectivity index (χ2v) is 7.97. The Kier molecular flexibility index (Phi) is 5.52. The van der Waals surface area contributed by atoms with Crippen LogP contribution >= 0.6 is 0 Å². The van der Waals surface area contributed by atoms with Crippen LogP contribution in [0.2, 0.25) is 0 Å². The van der Waals surface area contributed by atoms with Crippen LogP contribution in [-0.4, -0.2) is 48.2 Å². The molecule has 0 saturated carbocycles. The normalized spacial score (nSPS) is 15.7. The second kappa shape index (κ2) is 8.78. The van der Waals surface area contributed by atoms with E-state index in [1.165, 1.54) is 6.07 Å². The highest BCUT2D eigenvalue weighted by atomic mass is 16.3. The number of para-hydroxylation sites is 1. The first-order valence-electron chi connectivity index (χ1n) is 11.0. The monoisotopic (exact) mass is 444 g/mol. The molecule has 4 aromatic heterocycles. The summed E-state index contributed by atoms with van der Waals surface area (Å²) in [6.07, 6.45) is 6.60. The summed E-state index contributed by atoms with van der Waals surface area (Å²) in [7, 11) is 0. The Bertz CT molecular complexity index is 1410. The molecule has 5 aromatic rings. The Hall–Kier alpha value is -4.14. The second-order valence-electron chi connectivity index (χ2n) is 7.97. The number of carbonyl (C=O) groups is 1. The smallest absolute Gasteiger partial charge is 0.272 e. The highest BCUT2D eigenvalue weighted by Gasteiger charge is 2.28. The van der Waals surface area contributed by atoms with Gasteiger partial charge >= 0.3 is 0 Å². The molecule has 33 heavy (non-hydrogen) atoms. The number of likely N-dealkylation sites (tertiary alicyclic amines) is 1. The van der Waals surface area contributed by atoms with E-state index in [2.05, 4.69) is 27.2 Å². The molecule has 1 amide bonds. The van der Waals surface area contributed by atoms with Gasteiger partial charge in [-0.15, -0.1) is 0 Å². The van der Waals surface area contributed by atoms with Crippen LogP contribution in [-0.2, 0) is 0 Å². The van der Waals surface area contributed by atoms with Gasteiger partial charge in [0.15, 0.2) is 11.4 Å². The number of carbonyl (C=O) groups excluding carboxylic acids is 1. The third-order valence-electron chi connectivity index (χ3n) is 5.91. The van der Waals surface area contributed by atoms with Gasteiger partial charge in [-0.1, -0.05) is 25.1 Å². The van der Waals surface area contributed by atoms with Crippen molar-refractivity contribution >= 4 is 22.5 Å². The quantitative estimate of drug-likeness (QED) is 0.439. The lowest BCUT2D eigenvalue weighted by Gasteiger charge is -2.22. The molecular weight excluding hydrogens is 420 g/mol. The Morgan fingerprint density at radius 1 is 1.21 bits per heavy atom. The predicted molar refractivity (Wildman–Crippen MR) is 124 cm³/mol. The molecule has 1 aliphatic heterocycles. The molecule has 0 spiro atoms. The van der Waals surface area contributed by atoms with Gasteiger partial charge in [-0.2, -0.15) is 5.10 Å². The molecule has 1 saturated heterocycles. The van der Waals surface area contributed by atoms with Crippen molar-refractivity contribution in [1.29, 1.82) is 0 Å². The van der Waals surface area contributed by atoms with E-state index < -0.39 is 0 Å². The van der Waals surface area contributed by atoms with Gasteiger partial charge in [0.05, 0.1) is 6.20 Å². The van der Waals surface area contributed by atoms with Crippen molar-refractivity contribution in [1.82, 2.24) is 29.7 Å². The molecule has 5 heterocycles. The zero-order valence-corrected chi connectivity index (χ0v) is 18.2. The number of fused-ring (bicyclic) bond motifs is 2. The van der Waals surface area contributed by atoms with E-state index in [9.17, 15) is 9.59 Å². The number of amides is 1. The molecular formula is C24H24N6O3. The molecule has 0 bridgehead atoms. The number of nitrogens with zero attached hydrogens (tertiary/aromatic N) is 4. The van der Waals surface area contributed by atoms with Crippen molar-refractivity contribution in [2.45, 2.75) is 32.2 Å². The fourth-order valence-electron chi connectivity index (χ4n) is 4.24. The maximum Gasteiger partial charge on any atom is 0.272 e. The summed E-state index contributed by atoms with van der Waals surface area (Å²) >= 11 is 0. The van der Waals surface area contributed by atoms with Crippen molar-refractivity contribution < 1.29 is 9.21 Å². The molecule has 0 unspecified atom stereocenters. The number of hydrogen-bond acceptors (Lipinski definition) is 5. The molecule has 6 rings (SSSR count). The van der Waals surface area contributed by atoms with Crippen molar-refractivity contribution in [2.24, 2.45) is 0 Å². The highest BCUT2D eigenvalue weighted by molar-refractivity contribution is 5.92. The number of rotatable bonds is 3. The molecule has 9 nitrogen and oxygen atoms in total. The van der Waals surface area contributed by atoms with Crippen LogP contribution in [0.3, 0.4) is 0 Å². The van der Waals surface area contributed by atoms with Gasteiger partial charge in [0.2, 0.25) is 0 Å². The number of nitrogens with one attached hydrogen (secondary N) is 2. The molecule has 0 aliphatic carbocycles. The largest absolute Gasteiger partial charge is 0.454 e. The standard InChI is InChI=1S/C14H9N3O2.C10H15N3O/c18-14-6-5-13-15-8-10(17(13)16-14)12-7-9-3-1-2-4-11(9)19-12;1-2-8-4-3-7-13(8)10(14)9-5-6-11-12-9/h1-8H,(H,16,18);5-6,8H,2-4,7H2,1H3,(H,11,12)/t;8-/m.1/s1. The van der Waals surface area contributed by atoms with E-state index >= 15 is 0 Å². The fraction of sp³-hybridized carbons (Fsp3) is 0.250. The van der Waals surface area contributed by atoms with Crippen LogP contribution in [0.4, 0.5) is 0 Å². The number of aromatic nitrogens is 5. The SMILES string of the molecule is CC[C@@H]1CCCN1C(=O)c1ccn[nH]1.O=c1ccc2ncc(-c3cc4ccccc4o3)n2[nH]1. The lowest BCUT2D eigenvalue weighted by Crippen LogP contribution is -2.35. The first-order valence-corrected chi connectivity index (χ1v) is 11.0. The molecule has 1 fully saturated rings. The Balaban J connectivity index is 0.000000146. The minimum Gasteiger partial charge on any atom is -0.454 e. The van der Waals surface area contributed by atoms with Crippen LogP contribution in [0.15, 0.2) is 70.1 Å². The van der Waals surface area contributed by atoms with E-state index in [1.54, 1.807) is 29.0 Å². The summed E-state index contributed by atoms with van der Waals surface area (Å²) in [6, 6.07) is 15.0. The molecule has 2 N–H and O–H groups in total. The van der Waals surface area contributed by atoms with E-state index in [0.717, 1.165) is 42.5 Å². The highest BCUT2D eigenvalue weighted by Crippen LogP contribution is 2.27. The first kappa shape index (κ1) is 20.7. The topological polar surface area (TPSA) is 112 Å². The summed E-state index contributed by atoms with van der Waals surface area (Å²) in [5, 5.41) is 10.2. The van der Waals surface area contributed by atoms with Gasteiger partial charge < -0.3 is 9.32 Å². The van der Waals surface area contributed by atoms with Crippen LogP contribution in [0.1, 0.15) is 36.7 Å². The van der Waals surface area contributed by atoms with Crippen LogP contribution in [0.25, 0.3) is 28.1 Å². The molecule has 0 radical (unpaired) electrons.